The number of hydrogen-bond donors (Lipinski definition) is 1. The van der Waals surface area contributed by atoms with Gasteiger partial charge in [0, 0.05) is 18.4 Å². The van der Waals surface area contributed by atoms with Gasteiger partial charge in [-0.3, -0.25) is 10.1 Å². The fourth-order valence-corrected chi connectivity index (χ4v) is 2.82. The van der Waals surface area contributed by atoms with E-state index < -0.39 is 0 Å². The maximum Gasteiger partial charge on any atom is 0.292 e. The van der Waals surface area contributed by atoms with Crippen LogP contribution in [0.25, 0.3) is 0 Å². The second-order valence-electron chi connectivity index (χ2n) is 4.67. The number of nitrogens with one attached hydrogen (secondary N) is 1. The van der Waals surface area contributed by atoms with Gasteiger partial charge in [0.15, 0.2) is 0 Å². The summed E-state index contributed by atoms with van der Waals surface area (Å²) in [7, 11) is 0. The van der Waals surface area contributed by atoms with Gasteiger partial charge >= 0.3 is 0 Å². The molecule has 1 aromatic rings. The molecule has 1 rings (SSSR count). The molecule has 4 nitrogen and oxygen atoms in total. The van der Waals surface area contributed by atoms with E-state index in [4.69, 9.17) is 0 Å². The van der Waals surface area contributed by atoms with Gasteiger partial charge in [-0.15, -0.1) is 0 Å². The Morgan fingerprint density at radius 2 is 2.16 bits per heavy atom. The Morgan fingerprint density at radius 1 is 1.42 bits per heavy atom. The van der Waals surface area contributed by atoms with Crippen molar-refractivity contribution >= 4 is 23.1 Å². The highest BCUT2D eigenvalue weighted by molar-refractivity contribution is 7.98. The van der Waals surface area contributed by atoms with Gasteiger partial charge in [0.25, 0.3) is 5.69 Å². The lowest BCUT2D eigenvalue weighted by molar-refractivity contribution is -0.384. The number of nitrogens with zero attached hydrogens (tertiary/aromatic N) is 1. The molecule has 0 aromatic heterocycles. The highest BCUT2D eigenvalue weighted by Gasteiger charge is 2.13. The zero-order valence-corrected chi connectivity index (χ0v) is 12.6. The fraction of sp³-hybridized carbons (Fsp3) is 0.571. The van der Waals surface area contributed by atoms with E-state index in [9.17, 15) is 10.1 Å². The van der Waals surface area contributed by atoms with Crippen molar-refractivity contribution in [3.63, 3.8) is 0 Å². The molecule has 19 heavy (non-hydrogen) atoms. The van der Waals surface area contributed by atoms with Gasteiger partial charge in [0.1, 0.15) is 5.69 Å². The van der Waals surface area contributed by atoms with E-state index in [1.54, 1.807) is 12.1 Å². The van der Waals surface area contributed by atoms with Gasteiger partial charge in [-0.2, -0.15) is 11.8 Å². The van der Waals surface area contributed by atoms with E-state index in [0.29, 0.717) is 18.2 Å². The molecular weight excluding hydrogens is 260 g/mol. The van der Waals surface area contributed by atoms with Crippen molar-refractivity contribution in [1.29, 1.82) is 0 Å². The summed E-state index contributed by atoms with van der Waals surface area (Å²) >= 11 is 1.84. The van der Waals surface area contributed by atoms with Crippen LogP contribution in [0.4, 0.5) is 11.4 Å². The first-order valence-corrected chi connectivity index (χ1v) is 7.82. The van der Waals surface area contributed by atoms with Crippen molar-refractivity contribution in [2.45, 2.75) is 32.9 Å². The van der Waals surface area contributed by atoms with Crippen LogP contribution in [0.3, 0.4) is 0 Å². The smallest absolute Gasteiger partial charge is 0.292 e. The van der Waals surface area contributed by atoms with Crippen LogP contribution in [0.2, 0.25) is 0 Å². The molecular formula is C14H22N2O2S. The standard InChI is InChI=1S/C14H22N2O2S/c1-4-11(3)9-19-10-12-6-7-13(15-5-2)14(8-12)16(17)18/h6-8,11,15H,4-5,9-10H2,1-3H3. The molecule has 106 valence electrons. The normalized spacial score (nSPS) is 12.2. The van der Waals surface area contributed by atoms with E-state index in [1.165, 1.54) is 6.42 Å². The third-order valence-corrected chi connectivity index (χ3v) is 4.34. The summed E-state index contributed by atoms with van der Waals surface area (Å²) in [5.74, 6) is 2.62. The molecule has 0 saturated heterocycles. The second kappa shape index (κ2) is 8.04. The van der Waals surface area contributed by atoms with Crippen molar-refractivity contribution in [1.82, 2.24) is 0 Å². The molecule has 0 aliphatic heterocycles. The Balaban J connectivity index is 2.70. The third-order valence-electron chi connectivity index (χ3n) is 2.99. The van der Waals surface area contributed by atoms with Crippen LogP contribution in [0.5, 0.6) is 0 Å². The zero-order valence-electron chi connectivity index (χ0n) is 11.8. The molecule has 0 heterocycles. The minimum atomic E-state index is -0.319. The predicted molar refractivity (Wildman–Crippen MR) is 82.9 cm³/mol. The summed E-state index contributed by atoms with van der Waals surface area (Å²) in [4.78, 5) is 10.7. The number of nitro benzene ring substituents is 1. The molecule has 0 amide bonds. The third kappa shape index (κ3) is 5.11. The summed E-state index contributed by atoms with van der Waals surface area (Å²) in [6, 6.07) is 5.46. The predicted octanol–water partition coefficient (Wildman–Crippen LogP) is 4.31. The monoisotopic (exact) mass is 282 g/mol. The largest absolute Gasteiger partial charge is 0.380 e. The summed E-state index contributed by atoms with van der Waals surface area (Å²) in [6.07, 6.45) is 1.17. The van der Waals surface area contributed by atoms with Crippen LogP contribution in [-0.4, -0.2) is 17.2 Å². The van der Waals surface area contributed by atoms with E-state index in [1.807, 2.05) is 24.8 Å². The zero-order chi connectivity index (χ0) is 14.3. The molecule has 1 N–H and O–H groups in total. The summed E-state index contributed by atoms with van der Waals surface area (Å²) in [6.45, 7) is 7.02. The minimum Gasteiger partial charge on any atom is -0.380 e. The molecule has 0 saturated carbocycles. The Hall–Kier alpha value is -1.23. The minimum absolute atomic E-state index is 0.170. The lowest BCUT2D eigenvalue weighted by Gasteiger charge is -2.09. The average Bonchev–Trinajstić information content (AvgIpc) is 2.40. The highest BCUT2D eigenvalue weighted by Crippen LogP contribution is 2.27. The van der Waals surface area contributed by atoms with Crippen molar-refractivity contribution < 1.29 is 4.92 Å². The molecule has 0 spiro atoms. The first-order valence-electron chi connectivity index (χ1n) is 6.67. The Morgan fingerprint density at radius 3 is 2.74 bits per heavy atom. The van der Waals surface area contributed by atoms with Crippen molar-refractivity contribution in [2.24, 2.45) is 5.92 Å². The van der Waals surface area contributed by atoms with Crippen molar-refractivity contribution in [3.05, 3.63) is 33.9 Å². The number of nitro groups is 1. The first-order chi connectivity index (χ1) is 9.08. The van der Waals surface area contributed by atoms with Gasteiger partial charge in [-0.25, -0.2) is 0 Å². The maximum absolute atomic E-state index is 11.0. The Kier molecular flexibility index (Phi) is 6.70. The van der Waals surface area contributed by atoms with E-state index in [-0.39, 0.29) is 10.6 Å². The van der Waals surface area contributed by atoms with Crippen LogP contribution in [0, 0.1) is 16.0 Å². The lowest BCUT2D eigenvalue weighted by atomic mass is 10.2. The second-order valence-corrected chi connectivity index (χ2v) is 5.70. The highest BCUT2D eigenvalue weighted by atomic mass is 32.2. The van der Waals surface area contributed by atoms with E-state index in [2.05, 4.69) is 19.2 Å². The van der Waals surface area contributed by atoms with Crippen LogP contribution in [-0.2, 0) is 5.75 Å². The first kappa shape index (κ1) is 15.8. The Bertz CT molecular complexity index is 424. The molecule has 5 heteroatoms. The van der Waals surface area contributed by atoms with Crippen LogP contribution in [0.1, 0.15) is 32.8 Å². The number of anilines is 1. The Labute approximate surface area is 119 Å². The van der Waals surface area contributed by atoms with Gasteiger partial charge in [0.2, 0.25) is 0 Å². The summed E-state index contributed by atoms with van der Waals surface area (Å²) < 4.78 is 0. The van der Waals surface area contributed by atoms with Gasteiger partial charge in [0.05, 0.1) is 4.92 Å². The number of hydrogen-bond acceptors (Lipinski definition) is 4. The topological polar surface area (TPSA) is 55.2 Å². The molecule has 1 aromatic carbocycles. The fourth-order valence-electron chi connectivity index (χ4n) is 1.65. The molecule has 0 radical (unpaired) electrons. The lowest BCUT2D eigenvalue weighted by Crippen LogP contribution is -2.02. The molecule has 1 unspecified atom stereocenters. The van der Waals surface area contributed by atoms with Crippen LogP contribution < -0.4 is 5.32 Å². The quantitative estimate of drug-likeness (QED) is 0.570. The SMILES string of the molecule is CCNc1ccc(CSCC(C)CC)cc1[N+](=O)[O-]. The number of thioether (sulfide) groups is 1. The van der Waals surface area contributed by atoms with E-state index >= 15 is 0 Å². The molecule has 0 aliphatic carbocycles. The van der Waals surface area contributed by atoms with Crippen molar-refractivity contribution in [2.75, 3.05) is 17.6 Å². The average molecular weight is 282 g/mol. The molecule has 0 bridgehead atoms. The van der Waals surface area contributed by atoms with Crippen LogP contribution in [0.15, 0.2) is 18.2 Å². The maximum atomic E-state index is 11.0. The van der Waals surface area contributed by atoms with Gasteiger partial charge in [-0.05, 0) is 30.2 Å². The number of rotatable bonds is 8. The van der Waals surface area contributed by atoms with Gasteiger partial charge in [-0.1, -0.05) is 26.3 Å². The summed E-state index contributed by atoms with van der Waals surface area (Å²) in [5, 5.41) is 14.1. The van der Waals surface area contributed by atoms with Gasteiger partial charge < -0.3 is 5.32 Å². The van der Waals surface area contributed by atoms with E-state index in [0.717, 1.165) is 17.1 Å². The molecule has 0 aliphatic rings. The summed E-state index contributed by atoms with van der Waals surface area (Å²) in [5.41, 5.74) is 1.79. The molecule has 0 fully saturated rings. The van der Waals surface area contributed by atoms with Crippen LogP contribution >= 0.6 is 11.8 Å². The number of benzene rings is 1. The molecule has 1 atom stereocenters. The van der Waals surface area contributed by atoms with Crippen molar-refractivity contribution in [3.8, 4) is 0 Å².